The Morgan fingerprint density at radius 3 is 2.39 bits per heavy atom. The van der Waals surface area contributed by atoms with Gasteiger partial charge in [0.2, 0.25) is 5.91 Å². The number of hydrogen-bond acceptors (Lipinski definition) is 5. The molecule has 0 aliphatic carbocycles. The molecule has 0 unspecified atom stereocenters. The molecule has 23 heavy (non-hydrogen) atoms. The lowest BCUT2D eigenvalue weighted by atomic mass is 10.00. The number of amides is 1. The van der Waals surface area contributed by atoms with E-state index < -0.39 is 29.7 Å². The maximum atomic E-state index is 13.0. The Balaban J connectivity index is 3.27. The van der Waals surface area contributed by atoms with Gasteiger partial charge in [0.05, 0.1) is 38.8 Å². The molecule has 9 heteroatoms. The number of nitrogens with two attached hydrogens (primary N) is 1. The summed E-state index contributed by atoms with van der Waals surface area (Å²) in [5, 5.41) is 2.39. The fourth-order valence-electron chi connectivity index (χ4n) is 1.86. The van der Waals surface area contributed by atoms with Crippen LogP contribution in [0, 0.1) is 0 Å². The van der Waals surface area contributed by atoms with Gasteiger partial charge in [0, 0.05) is 0 Å². The summed E-state index contributed by atoms with van der Waals surface area (Å²) in [5.74, 6) is -1.36. The molecule has 1 aromatic rings. The SMILES string of the molecule is COC(=O)C[C@H](NC(=O)CN)c1cc(OC)cc(C(F)(F)F)c1. The third kappa shape index (κ3) is 5.44. The fraction of sp³-hybridized carbons (Fsp3) is 0.429. The molecule has 1 rings (SSSR count). The topological polar surface area (TPSA) is 90.7 Å². The number of benzene rings is 1. The predicted octanol–water partition coefficient (Wildman–Crippen LogP) is 1.39. The van der Waals surface area contributed by atoms with Crippen molar-refractivity contribution in [3.63, 3.8) is 0 Å². The standard InChI is InChI=1S/C14H17F3N2O4/c1-22-10-4-8(3-9(5-10)14(15,16)17)11(6-13(21)23-2)19-12(20)7-18/h3-5,11H,6-7,18H2,1-2H3,(H,19,20)/t11-/m0/s1. The molecule has 0 radical (unpaired) electrons. The summed E-state index contributed by atoms with van der Waals surface area (Å²) in [7, 11) is 2.35. The van der Waals surface area contributed by atoms with Gasteiger partial charge in [0.15, 0.2) is 0 Å². The Hall–Kier alpha value is -2.29. The normalized spacial score (nSPS) is 12.4. The number of hydrogen-bond donors (Lipinski definition) is 2. The summed E-state index contributed by atoms with van der Waals surface area (Å²) >= 11 is 0. The number of esters is 1. The van der Waals surface area contributed by atoms with Crippen LogP contribution in [0.2, 0.25) is 0 Å². The Morgan fingerprint density at radius 1 is 1.26 bits per heavy atom. The number of methoxy groups -OCH3 is 2. The van der Waals surface area contributed by atoms with Crippen molar-refractivity contribution in [2.75, 3.05) is 20.8 Å². The fourth-order valence-corrected chi connectivity index (χ4v) is 1.86. The molecule has 3 N–H and O–H groups in total. The van der Waals surface area contributed by atoms with Crippen molar-refractivity contribution in [2.24, 2.45) is 5.73 Å². The molecule has 0 saturated carbocycles. The van der Waals surface area contributed by atoms with Gasteiger partial charge in [-0.25, -0.2) is 0 Å². The summed E-state index contributed by atoms with van der Waals surface area (Å²) < 4.78 is 48.2. The van der Waals surface area contributed by atoms with Gasteiger partial charge in [-0.2, -0.15) is 13.2 Å². The van der Waals surface area contributed by atoms with Gasteiger partial charge in [-0.15, -0.1) is 0 Å². The number of rotatable bonds is 6. The molecule has 0 aliphatic rings. The minimum absolute atomic E-state index is 0.0494. The smallest absolute Gasteiger partial charge is 0.416 e. The zero-order chi connectivity index (χ0) is 17.6. The van der Waals surface area contributed by atoms with E-state index in [4.69, 9.17) is 10.5 Å². The molecule has 0 bridgehead atoms. The van der Waals surface area contributed by atoms with Gasteiger partial charge in [-0.1, -0.05) is 0 Å². The highest BCUT2D eigenvalue weighted by Crippen LogP contribution is 2.34. The Kier molecular flexibility index (Phi) is 6.38. The van der Waals surface area contributed by atoms with Crippen LogP contribution in [0.1, 0.15) is 23.6 Å². The molecule has 1 aromatic carbocycles. The third-order valence-corrected chi connectivity index (χ3v) is 3.01. The van der Waals surface area contributed by atoms with Crippen molar-refractivity contribution in [3.8, 4) is 5.75 Å². The van der Waals surface area contributed by atoms with Crippen molar-refractivity contribution in [3.05, 3.63) is 29.3 Å². The monoisotopic (exact) mass is 334 g/mol. The maximum absolute atomic E-state index is 13.0. The van der Waals surface area contributed by atoms with E-state index in [1.54, 1.807) is 0 Å². The first-order valence-electron chi connectivity index (χ1n) is 6.53. The number of halogens is 3. The van der Waals surface area contributed by atoms with Crippen LogP contribution in [0.25, 0.3) is 0 Å². The van der Waals surface area contributed by atoms with Gasteiger partial charge in [0.1, 0.15) is 5.75 Å². The van der Waals surface area contributed by atoms with E-state index in [1.165, 1.54) is 13.2 Å². The molecule has 0 spiro atoms. The lowest BCUT2D eigenvalue weighted by Crippen LogP contribution is -2.35. The summed E-state index contributed by atoms with van der Waals surface area (Å²) in [4.78, 5) is 22.9. The van der Waals surface area contributed by atoms with Crippen molar-refractivity contribution < 1.29 is 32.2 Å². The van der Waals surface area contributed by atoms with E-state index in [9.17, 15) is 22.8 Å². The van der Waals surface area contributed by atoms with Crippen molar-refractivity contribution in [2.45, 2.75) is 18.6 Å². The summed E-state index contributed by atoms with van der Waals surface area (Å²) in [6, 6.07) is 1.95. The van der Waals surface area contributed by atoms with Gasteiger partial charge >= 0.3 is 12.1 Å². The molecule has 0 aliphatic heterocycles. The van der Waals surface area contributed by atoms with E-state index in [0.29, 0.717) is 0 Å². The van der Waals surface area contributed by atoms with E-state index in [1.807, 2.05) is 0 Å². The summed E-state index contributed by atoms with van der Waals surface area (Å²) in [6.45, 7) is -0.367. The minimum Gasteiger partial charge on any atom is -0.497 e. The quantitative estimate of drug-likeness (QED) is 0.767. The number of ether oxygens (including phenoxy) is 2. The zero-order valence-corrected chi connectivity index (χ0v) is 12.6. The van der Waals surface area contributed by atoms with Crippen LogP contribution in [0.3, 0.4) is 0 Å². The van der Waals surface area contributed by atoms with Gasteiger partial charge in [-0.3, -0.25) is 9.59 Å². The lowest BCUT2D eigenvalue weighted by Gasteiger charge is -2.20. The van der Waals surface area contributed by atoms with Crippen molar-refractivity contribution in [1.82, 2.24) is 5.32 Å². The van der Waals surface area contributed by atoms with Gasteiger partial charge in [-0.05, 0) is 23.8 Å². The average Bonchev–Trinajstić information content (AvgIpc) is 2.52. The highest BCUT2D eigenvalue weighted by Gasteiger charge is 2.32. The summed E-state index contributed by atoms with van der Waals surface area (Å²) in [6.07, 6.45) is -4.94. The first-order chi connectivity index (χ1) is 10.7. The molecule has 0 saturated heterocycles. The number of nitrogens with one attached hydrogen (secondary N) is 1. The van der Waals surface area contributed by atoms with Crippen LogP contribution in [0.5, 0.6) is 5.75 Å². The van der Waals surface area contributed by atoms with Crippen LogP contribution < -0.4 is 15.8 Å². The lowest BCUT2D eigenvalue weighted by molar-refractivity contribution is -0.141. The van der Waals surface area contributed by atoms with Gasteiger partial charge in [0.25, 0.3) is 0 Å². The molecule has 1 amide bonds. The summed E-state index contributed by atoms with van der Waals surface area (Å²) in [5.41, 5.74) is 4.29. The van der Waals surface area contributed by atoms with E-state index in [2.05, 4.69) is 10.1 Å². The molecule has 0 aromatic heterocycles. The molecule has 1 atom stereocenters. The molecular weight excluding hydrogens is 317 g/mol. The third-order valence-electron chi connectivity index (χ3n) is 3.01. The van der Waals surface area contributed by atoms with Crippen LogP contribution in [0.4, 0.5) is 13.2 Å². The van der Waals surface area contributed by atoms with Crippen molar-refractivity contribution >= 4 is 11.9 Å². The minimum atomic E-state index is -4.60. The Morgan fingerprint density at radius 2 is 1.91 bits per heavy atom. The molecular formula is C14H17F3N2O4. The second-order valence-electron chi connectivity index (χ2n) is 4.60. The molecule has 6 nitrogen and oxygen atoms in total. The first-order valence-corrected chi connectivity index (χ1v) is 6.53. The van der Waals surface area contributed by atoms with Crippen LogP contribution >= 0.6 is 0 Å². The average molecular weight is 334 g/mol. The highest BCUT2D eigenvalue weighted by atomic mass is 19.4. The largest absolute Gasteiger partial charge is 0.497 e. The van der Waals surface area contributed by atoms with E-state index >= 15 is 0 Å². The number of carbonyl (C=O) groups is 2. The maximum Gasteiger partial charge on any atom is 0.416 e. The van der Waals surface area contributed by atoms with E-state index in [0.717, 1.165) is 19.2 Å². The first kappa shape index (κ1) is 18.8. The van der Waals surface area contributed by atoms with Crippen LogP contribution in [0.15, 0.2) is 18.2 Å². The Labute approximate surface area is 130 Å². The molecule has 0 heterocycles. The van der Waals surface area contributed by atoms with Crippen LogP contribution in [-0.4, -0.2) is 32.6 Å². The molecule has 128 valence electrons. The highest BCUT2D eigenvalue weighted by molar-refractivity contribution is 5.79. The number of carbonyl (C=O) groups excluding carboxylic acids is 2. The second kappa shape index (κ2) is 7.82. The number of alkyl halides is 3. The zero-order valence-electron chi connectivity index (χ0n) is 12.6. The predicted molar refractivity (Wildman–Crippen MR) is 74.6 cm³/mol. The Bertz CT molecular complexity index is 558. The second-order valence-corrected chi connectivity index (χ2v) is 4.60. The van der Waals surface area contributed by atoms with Gasteiger partial charge < -0.3 is 20.5 Å². The molecule has 0 fully saturated rings. The van der Waals surface area contributed by atoms with Crippen LogP contribution in [-0.2, 0) is 20.5 Å². The van der Waals surface area contributed by atoms with E-state index in [-0.39, 0.29) is 24.3 Å². The van der Waals surface area contributed by atoms with Crippen molar-refractivity contribution in [1.29, 1.82) is 0 Å².